The van der Waals surface area contributed by atoms with Gasteiger partial charge in [-0.25, -0.2) is 0 Å². The molecule has 1 rings (SSSR count). The molecule has 0 unspecified atom stereocenters. The normalized spacial score (nSPS) is 11.8. The molecule has 0 N–H and O–H groups in total. The number of aliphatic imine (C=N–C) groups is 1. The van der Waals surface area contributed by atoms with E-state index in [0.717, 1.165) is 41.2 Å². The van der Waals surface area contributed by atoms with E-state index in [4.69, 9.17) is 6.42 Å². The predicted octanol–water partition coefficient (Wildman–Crippen LogP) is 13.0. The van der Waals surface area contributed by atoms with E-state index in [2.05, 4.69) is 76.9 Å². The van der Waals surface area contributed by atoms with Crippen molar-refractivity contribution in [1.29, 1.82) is 0 Å². The minimum Gasteiger partial charge on any atom is -0.266 e. The summed E-state index contributed by atoms with van der Waals surface area (Å²) in [5.74, 6) is 3.46. The van der Waals surface area contributed by atoms with Crippen LogP contribution < -0.4 is 0 Å². The van der Waals surface area contributed by atoms with Crippen molar-refractivity contribution < 1.29 is 0 Å². The van der Waals surface area contributed by atoms with Gasteiger partial charge in [-0.05, 0) is 102 Å². The lowest BCUT2D eigenvalue weighted by molar-refractivity contribution is 0.509. The van der Waals surface area contributed by atoms with Gasteiger partial charge in [0.2, 0.25) is 0 Å². The van der Waals surface area contributed by atoms with E-state index >= 15 is 0 Å². The first-order valence-corrected chi connectivity index (χ1v) is 15.3. The van der Waals surface area contributed by atoms with Gasteiger partial charge in [0.15, 0.2) is 0 Å². The summed E-state index contributed by atoms with van der Waals surface area (Å²) in [6, 6.07) is 0. The molecule has 1 aliphatic rings. The Kier molecular flexibility index (Phi) is 33.4. The third-order valence-electron chi connectivity index (χ3n) is 5.56. The Morgan fingerprint density at radius 3 is 1.79 bits per heavy atom. The highest BCUT2D eigenvalue weighted by Gasteiger charge is 2.12. The standard InChI is InChI=1S/C16H19N.C16H28.3C2H6/c1-6-15-11-16(8-7-13(15)4)14(5)9-10-17-12(2)3;1-7-9-15(10-8-2)16(14(5)6)12-11-13(3)4;3*1-2/h1,9-11H,5,7-8H2,2-4H3;11-12,15H,3,7-10H2,1-2,4-6H3;3*1-2H3/b10-9-;12-11-;;;. The van der Waals surface area contributed by atoms with E-state index in [9.17, 15) is 0 Å². The van der Waals surface area contributed by atoms with E-state index in [1.807, 2.05) is 68.4 Å². The Bertz CT molecular complexity index is 874. The summed E-state index contributed by atoms with van der Waals surface area (Å²) in [5.41, 5.74) is 9.62. The molecule has 39 heavy (non-hydrogen) atoms. The van der Waals surface area contributed by atoms with Crippen LogP contribution in [0.5, 0.6) is 0 Å². The average molecular weight is 536 g/mol. The molecule has 1 nitrogen and oxygen atoms in total. The number of rotatable bonds is 10. The summed E-state index contributed by atoms with van der Waals surface area (Å²) < 4.78 is 0. The molecule has 0 spiro atoms. The average Bonchev–Trinajstić information content (AvgIpc) is 2.92. The highest BCUT2D eigenvalue weighted by Crippen LogP contribution is 2.28. The summed E-state index contributed by atoms with van der Waals surface area (Å²) in [7, 11) is 0. The Balaban J connectivity index is -0.000000264. The van der Waals surface area contributed by atoms with Gasteiger partial charge < -0.3 is 0 Å². The maximum atomic E-state index is 5.47. The van der Waals surface area contributed by atoms with Gasteiger partial charge in [-0.1, -0.05) is 116 Å². The smallest absolute Gasteiger partial charge is 0.0272 e. The van der Waals surface area contributed by atoms with Gasteiger partial charge in [0.05, 0.1) is 0 Å². The first kappa shape index (κ1) is 43.5. The van der Waals surface area contributed by atoms with Crippen LogP contribution in [0.4, 0.5) is 0 Å². The zero-order valence-corrected chi connectivity index (χ0v) is 28.6. The van der Waals surface area contributed by atoms with Crippen molar-refractivity contribution in [3.8, 4) is 12.3 Å². The molecule has 0 atom stereocenters. The molecular formula is C38H65N. The number of hydrogen-bond acceptors (Lipinski definition) is 1. The van der Waals surface area contributed by atoms with Crippen LogP contribution in [0.2, 0.25) is 0 Å². The quantitative estimate of drug-likeness (QED) is 0.150. The molecule has 0 aromatic heterocycles. The number of allylic oxidation sites excluding steroid dienone is 11. The van der Waals surface area contributed by atoms with Crippen molar-refractivity contribution in [2.24, 2.45) is 10.9 Å². The number of nitrogens with zero attached hydrogens (tertiary/aromatic N) is 1. The molecule has 1 aliphatic carbocycles. The van der Waals surface area contributed by atoms with Crippen LogP contribution in [0, 0.1) is 18.3 Å². The minimum absolute atomic E-state index is 0.732. The van der Waals surface area contributed by atoms with Crippen LogP contribution >= 0.6 is 0 Å². The van der Waals surface area contributed by atoms with E-state index in [-0.39, 0.29) is 0 Å². The molecule has 0 aromatic carbocycles. The van der Waals surface area contributed by atoms with Crippen molar-refractivity contribution in [3.05, 3.63) is 82.7 Å². The summed E-state index contributed by atoms with van der Waals surface area (Å²) in [4.78, 5) is 4.21. The largest absolute Gasteiger partial charge is 0.266 e. The van der Waals surface area contributed by atoms with Crippen LogP contribution in [0.3, 0.4) is 0 Å². The molecule has 0 fully saturated rings. The summed E-state index contributed by atoms with van der Waals surface area (Å²) in [6.45, 7) is 37.0. The molecule has 0 bridgehead atoms. The van der Waals surface area contributed by atoms with Gasteiger partial charge in [0.1, 0.15) is 0 Å². The fourth-order valence-corrected chi connectivity index (χ4v) is 3.72. The minimum atomic E-state index is 0.732. The molecular weight excluding hydrogens is 470 g/mol. The lowest BCUT2D eigenvalue weighted by atomic mass is 9.87. The SMILES string of the molecule is C#CC1=C(C)CCC(C(=C)/C=C\N=C(C)C)=C1.C=C(C)/C=C\C(=C(C)C)C(CCC)CCC.CC.CC.CC. The summed E-state index contributed by atoms with van der Waals surface area (Å²) >= 11 is 0. The van der Waals surface area contributed by atoms with E-state index in [1.54, 1.807) is 6.20 Å². The third kappa shape index (κ3) is 23.0. The fourth-order valence-electron chi connectivity index (χ4n) is 3.72. The molecule has 0 radical (unpaired) electrons. The number of hydrogen-bond donors (Lipinski definition) is 0. The Labute approximate surface area is 246 Å². The van der Waals surface area contributed by atoms with Crippen LogP contribution in [0.25, 0.3) is 0 Å². The van der Waals surface area contributed by atoms with Gasteiger partial charge in [-0.3, -0.25) is 4.99 Å². The van der Waals surface area contributed by atoms with Crippen molar-refractivity contribution in [2.45, 2.75) is 135 Å². The predicted molar refractivity (Wildman–Crippen MR) is 186 cm³/mol. The second kappa shape index (κ2) is 30.0. The van der Waals surface area contributed by atoms with Gasteiger partial charge in [-0.15, -0.1) is 6.42 Å². The molecule has 0 heterocycles. The van der Waals surface area contributed by atoms with Gasteiger partial charge in [-0.2, -0.15) is 0 Å². The Morgan fingerprint density at radius 2 is 1.41 bits per heavy atom. The molecule has 0 saturated heterocycles. The first-order valence-electron chi connectivity index (χ1n) is 15.3. The van der Waals surface area contributed by atoms with Gasteiger partial charge in [0, 0.05) is 17.5 Å². The maximum Gasteiger partial charge on any atom is 0.0272 e. The fraction of sp³-hybridized carbons (Fsp3) is 0.553. The van der Waals surface area contributed by atoms with E-state index < -0.39 is 0 Å². The second-order valence-corrected chi connectivity index (χ2v) is 9.33. The van der Waals surface area contributed by atoms with Crippen LogP contribution in [-0.4, -0.2) is 5.71 Å². The monoisotopic (exact) mass is 536 g/mol. The Hall–Kier alpha value is -2.59. The molecule has 0 aliphatic heterocycles. The van der Waals surface area contributed by atoms with E-state index in [0.29, 0.717) is 0 Å². The second-order valence-electron chi connectivity index (χ2n) is 9.33. The van der Waals surface area contributed by atoms with Gasteiger partial charge in [0.25, 0.3) is 0 Å². The van der Waals surface area contributed by atoms with Gasteiger partial charge >= 0.3 is 0 Å². The lowest BCUT2D eigenvalue weighted by Gasteiger charge is -2.18. The van der Waals surface area contributed by atoms with Crippen LogP contribution in [-0.2, 0) is 0 Å². The third-order valence-corrected chi connectivity index (χ3v) is 5.56. The molecule has 0 saturated carbocycles. The molecule has 0 aromatic rings. The zero-order chi connectivity index (χ0) is 31.4. The maximum absolute atomic E-state index is 5.47. The summed E-state index contributed by atoms with van der Waals surface area (Å²) in [6.07, 6.45) is 22.8. The summed E-state index contributed by atoms with van der Waals surface area (Å²) in [5, 5.41) is 0. The highest BCUT2D eigenvalue weighted by atomic mass is 14.7. The van der Waals surface area contributed by atoms with E-state index in [1.165, 1.54) is 48.0 Å². The number of terminal acetylenes is 1. The van der Waals surface area contributed by atoms with Crippen molar-refractivity contribution in [2.75, 3.05) is 0 Å². The zero-order valence-electron chi connectivity index (χ0n) is 28.6. The first-order chi connectivity index (χ1) is 18.6. The van der Waals surface area contributed by atoms with Crippen molar-refractivity contribution in [3.63, 3.8) is 0 Å². The molecule has 1 heteroatoms. The topological polar surface area (TPSA) is 12.4 Å². The van der Waals surface area contributed by atoms with Crippen molar-refractivity contribution >= 4 is 5.71 Å². The molecule has 222 valence electrons. The molecule has 0 amide bonds. The van der Waals surface area contributed by atoms with Crippen LogP contribution in [0.15, 0.2) is 87.7 Å². The highest BCUT2D eigenvalue weighted by molar-refractivity contribution is 5.79. The van der Waals surface area contributed by atoms with Crippen molar-refractivity contribution in [1.82, 2.24) is 0 Å². The van der Waals surface area contributed by atoms with Crippen LogP contribution in [0.1, 0.15) is 135 Å². The Morgan fingerprint density at radius 1 is 0.897 bits per heavy atom. The lowest BCUT2D eigenvalue weighted by Crippen LogP contribution is -2.04.